The van der Waals surface area contributed by atoms with Gasteiger partial charge in [0.15, 0.2) is 5.09 Å². The zero-order valence-corrected chi connectivity index (χ0v) is 5.79. The largest absolute Gasteiger partial charge is 0.455 e. The minimum atomic E-state index is 0.981. The van der Waals surface area contributed by atoms with Crippen LogP contribution in [0.1, 0.15) is 5.76 Å². The van der Waals surface area contributed by atoms with Crippen LogP contribution < -0.4 is 0 Å². The van der Waals surface area contributed by atoms with Gasteiger partial charge in [-0.15, -0.1) is 0 Å². The highest BCUT2D eigenvalue weighted by Crippen LogP contribution is 2.16. The Morgan fingerprint density at radius 3 is 2.50 bits per heavy atom. The van der Waals surface area contributed by atoms with Gasteiger partial charge in [-0.25, -0.2) is 0 Å². The summed E-state index contributed by atoms with van der Waals surface area (Å²) in [5.74, 6) is 0.981. The second kappa shape index (κ2) is 2.27. The van der Waals surface area contributed by atoms with Gasteiger partial charge in [0.1, 0.15) is 5.76 Å². The molecule has 0 saturated heterocycles. The lowest BCUT2D eigenvalue weighted by Gasteiger charge is -1.82. The average Bonchev–Trinajstić information content (AvgIpc) is 2.14. The number of furan rings is 1. The monoisotopic (exact) mass is 128 g/mol. The van der Waals surface area contributed by atoms with Crippen molar-refractivity contribution in [1.29, 1.82) is 0 Å². The van der Waals surface area contributed by atoms with Gasteiger partial charge in [0, 0.05) is 0 Å². The maximum absolute atomic E-state index is 5.20. The van der Waals surface area contributed by atoms with Crippen molar-refractivity contribution in [3.05, 3.63) is 17.9 Å². The molecule has 0 aliphatic heterocycles. The van der Waals surface area contributed by atoms with Crippen LogP contribution in [-0.4, -0.2) is 6.26 Å². The predicted octanol–water partition coefficient (Wildman–Crippen LogP) is 2.31. The van der Waals surface area contributed by atoms with Crippen LogP contribution in [0.15, 0.2) is 21.6 Å². The van der Waals surface area contributed by atoms with Crippen molar-refractivity contribution in [3.8, 4) is 0 Å². The summed E-state index contributed by atoms with van der Waals surface area (Å²) < 4.78 is 5.20. The molecule has 0 unspecified atom stereocenters. The minimum absolute atomic E-state index is 0.981. The summed E-state index contributed by atoms with van der Waals surface area (Å²) in [4.78, 5) is 0. The molecule has 0 amide bonds. The van der Waals surface area contributed by atoms with E-state index < -0.39 is 0 Å². The Kier molecular flexibility index (Phi) is 1.63. The van der Waals surface area contributed by atoms with E-state index in [1.807, 2.05) is 25.3 Å². The lowest BCUT2D eigenvalue weighted by atomic mass is 10.5. The molecular formula is C6H8OS. The highest BCUT2D eigenvalue weighted by atomic mass is 32.2. The van der Waals surface area contributed by atoms with Crippen LogP contribution in [0.3, 0.4) is 0 Å². The van der Waals surface area contributed by atoms with E-state index in [-0.39, 0.29) is 0 Å². The summed E-state index contributed by atoms with van der Waals surface area (Å²) in [7, 11) is 0. The molecular weight excluding hydrogens is 120 g/mol. The van der Waals surface area contributed by atoms with Crippen LogP contribution in [-0.2, 0) is 0 Å². The quantitative estimate of drug-likeness (QED) is 0.538. The summed E-state index contributed by atoms with van der Waals surface area (Å²) >= 11 is 1.62. The van der Waals surface area contributed by atoms with Crippen LogP contribution in [0.2, 0.25) is 0 Å². The first-order chi connectivity index (χ1) is 3.83. The summed E-state index contributed by atoms with van der Waals surface area (Å²) in [5, 5.41) is 0.988. The van der Waals surface area contributed by atoms with Crippen LogP contribution >= 0.6 is 11.8 Å². The van der Waals surface area contributed by atoms with Gasteiger partial charge in [-0.05, 0) is 25.3 Å². The van der Waals surface area contributed by atoms with Gasteiger partial charge < -0.3 is 4.42 Å². The lowest BCUT2D eigenvalue weighted by molar-refractivity contribution is 0.449. The fourth-order valence-electron chi connectivity index (χ4n) is 0.522. The van der Waals surface area contributed by atoms with Crippen LogP contribution in [0.25, 0.3) is 0 Å². The van der Waals surface area contributed by atoms with Gasteiger partial charge in [-0.3, -0.25) is 0 Å². The zero-order chi connectivity index (χ0) is 5.98. The first-order valence-electron chi connectivity index (χ1n) is 2.43. The topological polar surface area (TPSA) is 13.1 Å². The zero-order valence-electron chi connectivity index (χ0n) is 4.97. The molecule has 0 fully saturated rings. The molecule has 2 heteroatoms. The number of hydrogen-bond donors (Lipinski definition) is 0. The van der Waals surface area contributed by atoms with Crippen molar-refractivity contribution in [2.45, 2.75) is 12.0 Å². The number of aryl methyl sites for hydroxylation is 1. The van der Waals surface area contributed by atoms with Gasteiger partial charge >= 0.3 is 0 Å². The Labute approximate surface area is 53.1 Å². The Hall–Kier alpha value is -0.370. The smallest absolute Gasteiger partial charge is 0.160 e. The van der Waals surface area contributed by atoms with Gasteiger partial charge in [-0.2, -0.15) is 0 Å². The van der Waals surface area contributed by atoms with E-state index in [0.717, 1.165) is 10.9 Å². The van der Waals surface area contributed by atoms with Crippen LogP contribution in [0.5, 0.6) is 0 Å². The molecule has 0 N–H and O–H groups in total. The summed E-state index contributed by atoms with van der Waals surface area (Å²) in [6, 6.07) is 3.94. The molecule has 0 aromatic carbocycles. The molecule has 0 bridgehead atoms. The van der Waals surface area contributed by atoms with Crippen molar-refractivity contribution < 1.29 is 4.42 Å². The molecule has 0 radical (unpaired) electrons. The molecule has 8 heavy (non-hydrogen) atoms. The molecule has 1 nitrogen and oxygen atoms in total. The Balaban J connectivity index is 2.84. The Morgan fingerprint density at radius 1 is 1.50 bits per heavy atom. The standard InChI is InChI=1S/C6H8OS/c1-5-3-4-6(7-5)8-2/h3-4H,1-2H3. The van der Waals surface area contributed by atoms with Gasteiger partial charge in [-0.1, -0.05) is 11.8 Å². The molecule has 0 saturated carbocycles. The molecule has 0 aliphatic rings. The maximum atomic E-state index is 5.20. The number of hydrogen-bond acceptors (Lipinski definition) is 2. The van der Waals surface area contributed by atoms with Gasteiger partial charge in [0.2, 0.25) is 0 Å². The van der Waals surface area contributed by atoms with Crippen molar-refractivity contribution in [2.75, 3.05) is 6.26 Å². The second-order valence-corrected chi connectivity index (χ2v) is 2.38. The first-order valence-corrected chi connectivity index (χ1v) is 3.66. The molecule has 0 aliphatic carbocycles. The normalized spacial score (nSPS) is 9.75. The number of thioether (sulfide) groups is 1. The van der Waals surface area contributed by atoms with E-state index in [4.69, 9.17) is 4.42 Å². The maximum Gasteiger partial charge on any atom is 0.160 e. The first kappa shape index (κ1) is 5.76. The van der Waals surface area contributed by atoms with Crippen LogP contribution in [0.4, 0.5) is 0 Å². The molecule has 0 spiro atoms. The fourth-order valence-corrected chi connectivity index (χ4v) is 0.941. The summed E-state index contributed by atoms with van der Waals surface area (Å²) in [6.07, 6.45) is 2.00. The lowest BCUT2D eigenvalue weighted by Crippen LogP contribution is -1.54. The molecule has 1 aromatic rings. The Bertz CT molecular complexity index is 169. The molecule has 1 rings (SSSR count). The number of rotatable bonds is 1. The van der Waals surface area contributed by atoms with Crippen molar-refractivity contribution in [3.63, 3.8) is 0 Å². The van der Waals surface area contributed by atoms with Crippen LogP contribution in [0, 0.1) is 6.92 Å². The summed E-state index contributed by atoms with van der Waals surface area (Å²) in [5.41, 5.74) is 0. The SMILES string of the molecule is CSc1ccc(C)o1. The fraction of sp³-hybridized carbons (Fsp3) is 0.333. The van der Waals surface area contributed by atoms with E-state index in [1.165, 1.54) is 0 Å². The van der Waals surface area contributed by atoms with Crippen molar-refractivity contribution in [1.82, 2.24) is 0 Å². The van der Waals surface area contributed by atoms with E-state index in [9.17, 15) is 0 Å². The van der Waals surface area contributed by atoms with Crippen molar-refractivity contribution >= 4 is 11.8 Å². The minimum Gasteiger partial charge on any atom is -0.455 e. The van der Waals surface area contributed by atoms with E-state index in [2.05, 4.69) is 0 Å². The summed E-state index contributed by atoms with van der Waals surface area (Å²) in [6.45, 7) is 1.94. The van der Waals surface area contributed by atoms with E-state index in [1.54, 1.807) is 11.8 Å². The highest BCUT2D eigenvalue weighted by Gasteiger charge is 1.91. The van der Waals surface area contributed by atoms with Gasteiger partial charge in [0.05, 0.1) is 0 Å². The second-order valence-electron chi connectivity index (χ2n) is 1.57. The third kappa shape index (κ3) is 1.07. The molecule has 0 atom stereocenters. The predicted molar refractivity (Wildman–Crippen MR) is 35.2 cm³/mol. The third-order valence-electron chi connectivity index (χ3n) is 0.917. The molecule has 1 heterocycles. The molecule has 1 aromatic heterocycles. The van der Waals surface area contributed by atoms with Crippen molar-refractivity contribution in [2.24, 2.45) is 0 Å². The highest BCUT2D eigenvalue weighted by molar-refractivity contribution is 7.98. The van der Waals surface area contributed by atoms with E-state index in [0.29, 0.717) is 0 Å². The van der Waals surface area contributed by atoms with E-state index >= 15 is 0 Å². The molecule has 44 valence electrons. The average molecular weight is 128 g/mol. The Morgan fingerprint density at radius 2 is 2.25 bits per heavy atom. The van der Waals surface area contributed by atoms with Gasteiger partial charge in [0.25, 0.3) is 0 Å². The third-order valence-corrected chi connectivity index (χ3v) is 1.54.